The second-order valence-corrected chi connectivity index (χ2v) is 3.76. The van der Waals surface area contributed by atoms with E-state index >= 15 is 0 Å². The Morgan fingerprint density at radius 3 is 2.54 bits per heavy atom. The van der Waals surface area contributed by atoms with Gasteiger partial charge in [-0.05, 0) is 29.8 Å². The molecule has 66 valence electrons. The zero-order valence-corrected chi connectivity index (χ0v) is 8.14. The Hall–Kier alpha value is -0.990. The van der Waals surface area contributed by atoms with E-state index in [9.17, 15) is 0 Å². The van der Waals surface area contributed by atoms with E-state index < -0.39 is 0 Å². The number of fused-ring (bicyclic) bond motifs is 1. The Balaban J connectivity index is 2.68. The summed E-state index contributed by atoms with van der Waals surface area (Å²) >= 11 is 0.789. The average molecular weight is 190 g/mol. The van der Waals surface area contributed by atoms with Gasteiger partial charge >= 0.3 is 0 Å². The van der Waals surface area contributed by atoms with Crippen LogP contribution in [0.4, 0.5) is 0 Å². The Bertz CT molecular complexity index is 437. The second-order valence-electron chi connectivity index (χ2n) is 3.10. The zero-order chi connectivity index (χ0) is 9.26. The summed E-state index contributed by atoms with van der Waals surface area (Å²) in [5.74, 6) is 0. The van der Waals surface area contributed by atoms with E-state index in [4.69, 9.17) is 4.55 Å². The van der Waals surface area contributed by atoms with E-state index in [2.05, 4.69) is 25.1 Å². The van der Waals surface area contributed by atoms with E-state index in [-0.39, 0.29) is 0 Å². The third-order valence-corrected chi connectivity index (χ3v) is 2.54. The van der Waals surface area contributed by atoms with E-state index in [0.717, 1.165) is 16.9 Å². The van der Waals surface area contributed by atoms with Gasteiger partial charge in [-0.1, -0.05) is 29.8 Å². The van der Waals surface area contributed by atoms with Crippen LogP contribution >= 0.6 is 12.0 Å². The van der Waals surface area contributed by atoms with Crippen molar-refractivity contribution >= 4 is 22.8 Å². The number of hydrogen-bond acceptors (Lipinski definition) is 2. The maximum absolute atomic E-state index is 8.88. The van der Waals surface area contributed by atoms with Crippen molar-refractivity contribution in [3.05, 3.63) is 42.0 Å². The van der Waals surface area contributed by atoms with Gasteiger partial charge < -0.3 is 4.55 Å². The molecule has 0 spiro atoms. The maximum Gasteiger partial charge on any atom is 0.0357 e. The van der Waals surface area contributed by atoms with E-state index in [1.807, 2.05) is 18.2 Å². The molecule has 2 aromatic rings. The Kier molecular flexibility index (Phi) is 2.25. The highest BCUT2D eigenvalue weighted by molar-refractivity contribution is 7.93. The van der Waals surface area contributed by atoms with Crippen molar-refractivity contribution in [2.75, 3.05) is 0 Å². The van der Waals surface area contributed by atoms with E-state index in [0.29, 0.717) is 0 Å². The van der Waals surface area contributed by atoms with Crippen LogP contribution < -0.4 is 0 Å². The molecule has 2 rings (SSSR count). The normalized spacial score (nSPS) is 10.6. The summed E-state index contributed by atoms with van der Waals surface area (Å²) in [6.07, 6.45) is 0. The molecule has 0 fully saturated rings. The molecule has 2 heteroatoms. The summed E-state index contributed by atoms with van der Waals surface area (Å²) < 4.78 is 8.88. The first kappa shape index (κ1) is 8.60. The SMILES string of the molecule is Cc1ccc2ccc(SO)cc2c1. The van der Waals surface area contributed by atoms with Gasteiger partial charge in [0.25, 0.3) is 0 Å². The highest BCUT2D eigenvalue weighted by Gasteiger charge is 1.96. The van der Waals surface area contributed by atoms with Crippen LogP contribution in [0.1, 0.15) is 5.56 Å². The molecular formula is C11H10OS. The highest BCUT2D eigenvalue weighted by Crippen LogP contribution is 2.22. The van der Waals surface area contributed by atoms with Crippen molar-refractivity contribution in [2.45, 2.75) is 11.8 Å². The predicted octanol–water partition coefficient (Wildman–Crippen LogP) is 3.71. The highest BCUT2D eigenvalue weighted by atomic mass is 32.2. The summed E-state index contributed by atoms with van der Waals surface area (Å²) in [4.78, 5) is 0.887. The van der Waals surface area contributed by atoms with Gasteiger partial charge in [0, 0.05) is 16.9 Å². The predicted molar refractivity (Wildman–Crippen MR) is 57.2 cm³/mol. The van der Waals surface area contributed by atoms with Gasteiger partial charge in [-0.3, -0.25) is 0 Å². The fourth-order valence-corrected chi connectivity index (χ4v) is 1.71. The molecule has 0 aromatic heterocycles. The first-order chi connectivity index (χ1) is 6.29. The van der Waals surface area contributed by atoms with Crippen LogP contribution in [0, 0.1) is 6.92 Å². The van der Waals surface area contributed by atoms with Crippen LogP contribution in [0.15, 0.2) is 41.3 Å². The summed E-state index contributed by atoms with van der Waals surface area (Å²) in [7, 11) is 0. The molecule has 1 nitrogen and oxygen atoms in total. The van der Waals surface area contributed by atoms with E-state index in [1.54, 1.807) is 0 Å². The van der Waals surface area contributed by atoms with Gasteiger partial charge in [-0.15, -0.1) is 0 Å². The minimum Gasteiger partial charge on any atom is -0.325 e. The largest absolute Gasteiger partial charge is 0.325 e. The summed E-state index contributed by atoms with van der Waals surface area (Å²) in [6, 6.07) is 12.2. The molecule has 0 unspecified atom stereocenters. The molecule has 0 atom stereocenters. The quantitative estimate of drug-likeness (QED) is 0.692. The molecule has 0 aliphatic rings. The van der Waals surface area contributed by atoms with Crippen molar-refractivity contribution in [3.8, 4) is 0 Å². The third-order valence-electron chi connectivity index (χ3n) is 2.07. The fourth-order valence-electron chi connectivity index (χ4n) is 1.40. The molecular weight excluding hydrogens is 180 g/mol. The van der Waals surface area contributed by atoms with Crippen molar-refractivity contribution in [1.82, 2.24) is 0 Å². The van der Waals surface area contributed by atoms with Crippen LogP contribution in [0.25, 0.3) is 10.8 Å². The van der Waals surface area contributed by atoms with Gasteiger partial charge in [-0.25, -0.2) is 0 Å². The summed E-state index contributed by atoms with van der Waals surface area (Å²) in [5, 5.41) is 2.39. The van der Waals surface area contributed by atoms with Gasteiger partial charge in [0.05, 0.1) is 0 Å². The number of aryl methyl sites for hydroxylation is 1. The molecule has 0 saturated carbocycles. The third kappa shape index (κ3) is 1.69. The molecule has 13 heavy (non-hydrogen) atoms. The zero-order valence-electron chi connectivity index (χ0n) is 7.32. The van der Waals surface area contributed by atoms with Crippen LogP contribution in [0.5, 0.6) is 0 Å². The molecule has 0 saturated heterocycles. The summed E-state index contributed by atoms with van der Waals surface area (Å²) in [6.45, 7) is 2.07. The first-order valence-electron chi connectivity index (χ1n) is 4.11. The number of benzene rings is 2. The molecule has 0 heterocycles. The lowest BCUT2D eigenvalue weighted by Crippen LogP contribution is -1.76. The lowest BCUT2D eigenvalue weighted by Gasteiger charge is -2.00. The Morgan fingerprint density at radius 1 is 1.00 bits per heavy atom. The molecule has 0 bridgehead atoms. The standard InChI is InChI=1S/C11H10OS/c1-8-2-3-9-4-5-11(13-12)7-10(9)6-8/h2-7,12H,1H3. The fraction of sp³-hybridized carbons (Fsp3) is 0.0909. The smallest absolute Gasteiger partial charge is 0.0357 e. The summed E-state index contributed by atoms with van der Waals surface area (Å²) in [5.41, 5.74) is 1.24. The Morgan fingerprint density at radius 2 is 1.77 bits per heavy atom. The molecule has 2 aromatic carbocycles. The average Bonchev–Trinajstić information content (AvgIpc) is 2.16. The molecule has 1 N–H and O–H groups in total. The van der Waals surface area contributed by atoms with Gasteiger partial charge in [0.15, 0.2) is 0 Å². The first-order valence-corrected chi connectivity index (χ1v) is 4.89. The van der Waals surface area contributed by atoms with Gasteiger partial charge in [-0.2, -0.15) is 0 Å². The second kappa shape index (κ2) is 3.40. The monoisotopic (exact) mass is 190 g/mol. The van der Waals surface area contributed by atoms with Gasteiger partial charge in [0.1, 0.15) is 0 Å². The molecule has 0 radical (unpaired) electrons. The van der Waals surface area contributed by atoms with Crippen LogP contribution in [0.2, 0.25) is 0 Å². The van der Waals surface area contributed by atoms with Crippen molar-refractivity contribution < 1.29 is 4.55 Å². The Labute approximate surface area is 81.6 Å². The maximum atomic E-state index is 8.88. The van der Waals surface area contributed by atoms with Crippen LogP contribution in [-0.4, -0.2) is 4.55 Å². The lowest BCUT2D eigenvalue weighted by atomic mass is 10.1. The van der Waals surface area contributed by atoms with Crippen molar-refractivity contribution in [2.24, 2.45) is 0 Å². The molecule has 0 aliphatic heterocycles. The van der Waals surface area contributed by atoms with Crippen LogP contribution in [0.3, 0.4) is 0 Å². The topological polar surface area (TPSA) is 20.2 Å². The lowest BCUT2D eigenvalue weighted by molar-refractivity contribution is 0.664. The molecule has 0 amide bonds. The van der Waals surface area contributed by atoms with Crippen LogP contribution in [-0.2, 0) is 0 Å². The van der Waals surface area contributed by atoms with Gasteiger partial charge in [0.2, 0.25) is 0 Å². The van der Waals surface area contributed by atoms with E-state index in [1.165, 1.54) is 16.3 Å². The molecule has 0 aliphatic carbocycles. The minimum absolute atomic E-state index is 0.789. The van der Waals surface area contributed by atoms with Crippen molar-refractivity contribution in [3.63, 3.8) is 0 Å². The number of rotatable bonds is 1. The number of hydrogen-bond donors (Lipinski definition) is 1. The van der Waals surface area contributed by atoms with Crippen molar-refractivity contribution in [1.29, 1.82) is 0 Å². The minimum atomic E-state index is 0.789.